The van der Waals surface area contributed by atoms with Crippen LogP contribution in [0.3, 0.4) is 0 Å². The van der Waals surface area contributed by atoms with E-state index in [1.54, 1.807) is 14.2 Å². The average Bonchev–Trinajstić information content (AvgIpc) is 2.72. The molecule has 7 heteroatoms. The van der Waals surface area contributed by atoms with Gasteiger partial charge >= 0.3 is 6.18 Å². The number of carbonyl (C=O) groups excluding carboxylic acids is 1. The lowest BCUT2D eigenvalue weighted by Crippen LogP contribution is -2.54. The minimum atomic E-state index is -4.39. The zero-order valence-electron chi connectivity index (χ0n) is 16.2. The SMILES string of the molecule is COc1ccc(N2[C@H]3CC[C@H](C(=O)C3)[C@H]2c2ccc(C(F)(F)F)cc2)cc1OC. The number of nitrogens with zero attached hydrogens (tertiary/aromatic N) is 1. The molecule has 4 nitrogen and oxygen atoms in total. The molecule has 3 aliphatic rings. The largest absolute Gasteiger partial charge is 0.493 e. The average molecular weight is 405 g/mol. The molecule has 0 spiro atoms. The van der Waals surface area contributed by atoms with Gasteiger partial charge in [0.25, 0.3) is 0 Å². The van der Waals surface area contributed by atoms with Gasteiger partial charge < -0.3 is 14.4 Å². The Kier molecular flexibility index (Phi) is 4.92. The van der Waals surface area contributed by atoms with E-state index in [1.807, 2.05) is 18.2 Å². The van der Waals surface area contributed by atoms with Gasteiger partial charge in [-0.15, -0.1) is 0 Å². The number of methoxy groups -OCH3 is 2. The van der Waals surface area contributed by atoms with Gasteiger partial charge in [0.1, 0.15) is 5.78 Å². The Bertz CT molecular complexity index is 911. The van der Waals surface area contributed by atoms with Crippen molar-refractivity contribution >= 4 is 11.5 Å². The maximum absolute atomic E-state index is 13.0. The monoisotopic (exact) mass is 405 g/mol. The first-order valence-corrected chi connectivity index (χ1v) is 9.53. The molecule has 1 saturated carbocycles. The van der Waals surface area contributed by atoms with Crippen LogP contribution in [0, 0.1) is 5.92 Å². The highest BCUT2D eigenvalue weighted by Crippen LogP contribution is 2.49. The topological polar surface area (TPSA) is 38.8 Å². The first kappa shape index (κ1) is 19.6. The molecule has 0 aromatic heterocycles. The number of alkyl halides is 3. The van der Waals surface area contributed by atoms with Crippen molar-refractivity contribution in [3.05, 3.63) is 53.6 Å². The molecule has 3 atom stereocenters. The predicted molar refractivity (Wildman–Crippen MR) is 102 cm³/mol. The predicted octanol–water partition coefficient (Wildman–Crippen LogP) is 5.02. The number of anilines is 1. The molecule has 2 aliphatic heterocycles. The fourth-order valence-electron chi connectivity index (χ4n) is 4.63. The molecule has 0 N–H and O–H groups in total. The van der Waals surface area contributed by atoms with Crippen LogP contribution >= 0.6 is 0 Å². The lowest BCUT2D eigenvalue weighted by molar-refractivity contribution is -0.137. The van der Waals surface area contributed by atoms with Crippen molar-refractivity contribution in [1.29, 1.82) is 0 Å². The molecular weight excluding hydrogens is 383 g/mol. The Hall–Kier alpha value is -2.70. The second kappa shape index (κ2) is 7.28. The van der Waals surface area contributed by atoms with Gasteiger partial charge in [0.15, 0.2) is 11.5 Å². The number of Topliss-reactive ketones (excluding diaryl/α,β-unsaturated/α-hetero) is 1. The molecule has 2 bridgehead atoms. The van der Waals surface area contributed by atoms with Gasteiger partial charge in [0.2, 0.25) is 0 Å². The van der Waals surface area contributed by atoms with E-state index < -0.39 is 11.7 Å². The molecule has 5 rings (SSSR count). The van der Waals surface area contributed by atoms with E-state index in [-0.39, 0.29) is 23.8 Å². The second-order valence-corrected chi connectivity index (χ2v) is 7.52. The van der Waals surface area contributed by atoms with E-state index in [0.717, 1.165) is 36.2 Å². The van der Waals surface area contributed by atoms with Crippen LogP contribution < -0.4 is 14.4 Å². The minimum absolute atomic E-state index is 0.0119. The lowest BCUT2D eigenvalue weighted by Gasteiger charge is -2.52. The van der Waals surface area contributed by atoms with Crippen molar-refractivity contribution in [1.82, 2.24) is 0 Å². The van der Waals surface area contributed by atoms with Crippen LogP contribution in [0.25, 0.3) is 0 Å². The van der Waals surface area contributed by atoms with Gasteiger partial charge in [0, 0.05) is 30.1 Å². The van der Waals surface area contributed by atoms with E-state index in [4.69, 9.17) is 9.47 Å². The second-order valence-electron chi connectivity index (χ2n) is 7.52. The van der Waals surface area contributed by atoms with Crippen molar-refractivity contribution in [3.8, 4) is 11.5 Å². The fraction of sp³-hybridized carbons (Fsp3) is 0.409. The Morgan fingerprint density at radius 1 is 0.966 bits per heavy atom. The number of halogens is 3. The number of ether oxygens (including phenoxy) is 2. The Morgan fingerprint density at radius 3 is 2.24 bits per heavy atom. The number of carbonyl (C=O) groups is 1. The summed E-state index contributed by atoms with van der Waals surface area (Å²) in [7, 11) is 3.12. The molecular formula is C22H22F3NO3. The number of rotatable bonds is 4. The molecule has 2 aromatic rings. The van der Waals surface area contributed by atoms with Crippen LogP contribution in [-0.4, -0.2) is 26.0 Å². The number of hydrogen-bond acceptors (Lipinski definition) is 4. The third-order valence-electron chi connectivity index (χ3n) is 5.98. The number of ketones is 1. The number of hydrogen-bond donors (Lipinski definition) is 0. The normalized spacial score (nSPS) is 24.0. The van der Waals surface area contributed by atoms with Crippen molar-refractivity contribution in [3.63, 3.8) is 0 Å². The maximum atomic E-state index is 13.0. The Balaban J connectivity index is 1.76. The van der Waals surface area contributed by atoms with Crippen molar-refractivity contribution in [2.45, 2.75) is 37.5 Å². The van der Waals surface area contributed by atoms with Gasteiger partial charge in [0.05, 0.1) is 25.8 Å². The summed E-state index contributed by atoms with van der Waals surface area (Å²) in [6.07, 6.45) is -2.31. The molecule has 0 unspecified atom stereocenters. The standard InChI is InChI=1S/C22H22F3NO3/c1-28-19-10-8-16(12-20(19)29-2)26-15-7-9-17(18(27)11-15)21(26)13-3-5-14(6-4-13)22(23,24)25/h3-6,8,10,12,15,17,21H,7,9,11H2,1-2H3/t15-,17+,21+/m0/s1. The Labute approximate surface area is 167 Å². The summed E-state index contributed by atoms with van der Waals surface area (Å²) < 4.78 is 49.7. The summed E-state index contributed by atoms with van der Waals surface area (Å²) >= 11 is 0. The fourth-order valence-corrected chi connectivity index (χ4v) is 4.63. The summed E-state index contributed by atoms with van der Waals surface area (Å²) in [4.78, 5) is 14.8. The van der Waals surface area contributed by atoms with Crippen molar-refractivity contribution in [2.75, 3.05) is 19.1 Å². The molecule has 2 heterocycles. The summed E-state index contributed by atoms with van der Waals surface area (Å²) in [6, 6.07) is 10.5. The van der Waals surface area contributed by atoms with Crippen LogP contribution in [0.1, 0.15) is 36.4 Å². The van der Waals surface area contributed by atoms with Crippen LogP contribution in [-0.2, 0) is 11.0 Å². The summed E-state index contributed by atoms with van der Waals surface area (Å²) in [6.45, 7) is 0. The smallest absolute Gasteiger partial charge is 0.416 e. The van der Waals surface area contributed by atoms with Gasteiger partial charge in [-0.25, -0.2) is 0 Å². The summed E-state index contributed by atoms with van der Waals surface area (Å²) in [5.41, 5.74) is 0.900. The molecule has 1 aliphatic carbocycles. The van der Waals surface area contributed by atoms with Gasteiger partial charge in [-0.1, -0.05) is 12.1 Å². The summed E-state index contributed by atoms with van der Waals surface area (Å²) in [5, 5.41) is 0. The quantitative estimate of drug-likeness (QED) is 0.716. The lowest BCUT2D eigenvalue weighted by atomic mass is 9.71. The van der Waals surface area contributed by atoms with E-state index in [9.17, 15) is 18.0 Å². The van der Waals surface area contributed by atoms with E-state index in [1.165, 1.54) is 12.1 Å². The van der Waals surface area contributed by atoms with Gasteiger partial charge in [-0.3, -0.25) is 4.79 Å². The first-order chi connectivity index (χ1) is 13.8. The molecule has 3 fully saturated rings. The van der Waals surface area contributed by atoms with E-state index in [0.29, 0.717) is 17.9 Å². The minimum Gasteiger partial charge on any atom is -0.493 e. The Morgan fingerprint density at radius 2 is 1.66 bits per heavy atom. The van der Waals surface area contributed by atoms with Gasteiger partial charge in [-0.05, 0) is 42.7 Å². The molecule has 154 valence electrons. The molecule has 0 radical (unpaired) electrons. The highest BCUT2D eigenvalue weighted by Gasteiger charge is 2.47. The van der Waals surface area contributed by atoms with Crippen LogP contribution in [0.5, 0.6) is 11.5 Å². The number of piperidine rings is 2. The third-order valence-corrected chi connectivity index (χ3v) is 5.98. The molecule has 2 saturated heterocycles. The number of fused-ring (bicyclic) bond motifs is 3. The van der Waals surface area contributed by atoms with Crippen molar-refractivity contribution < 1.29 is 27.4 Å². The first-order valence-electron chi connectivity index (χ1n) is 9.53. The highest BCUT2D eigenvalue weighted by atomic mass is 19.4. The molecule has 2 aromatic carbocycles. The zero-order chi connectivity index (χ0) is 20.8. The number of benzene rings is 2. The highest BCUT2D eigenvalue weighted by molar-refractivity contribution is 5.86. The molecule has 0 amide bonds. The summed E-state index contributed by atoms with van der Waals surface area (Å²) in [5.74, 6) is 1.12. The van der Waals surface area contributed by atoms with E-state index in [2.05, 4.69) is 4.90 Å². The van der Waals surface area contributed by atoms with Crippen LogP contribution in [0.15, 0.2) is 42.5 Å². The van der Waals surface area contributed by atoms with Crippen LogP contribution in [0.4, 0.5) is 18.9 Å². The molecule has 29 heavy (non-hydrogen) atoms. The van der Waals surface area contributed by atoms with E-state index >= 15 is 0 Å². The maximum Gasteiger partial charge on any atom is 0.416 e. The van der Waals surface area contributed by atoms with Crippen LogP contribution in [0.2, 0.25) is 0 Å². The zero-order valence-corrected chi connectivity index (χ0v) is 16.2. The van der Waals surface area contributed by atoms with Crippen molar-refractivity contribution in [2.24, 2.45) is 5.92 Å². The third kappa shape index (κ3) is 3.43. The van der Waals surface area contributed by atoms with Gasteiger partial charge in [-0.2, -0.15) is 13.2 Å².